The van der Waals surface area contributed by atoms with Gasteiger partial charge in [0.25, 0.3) is 0 Å². The Bertz CT molecular complexity index is 407. The van der Waals surface area contributed by atoms with Gasteiger partial charge in [0.15, 0.2) is 0 Å². The number of benzene rings is 1. The molecule has 18 heavy (non-hydrogen) atoms. The molecule has 2 N–H and O–H groups in total. The summed E-state index contributed by atoms with van der Waals surface area (Å²) in [5.74, 6) is 0.561. The van der Waals surface area contributed by atoms with E-state index in [-0.39, 0.29) is 6.03 Å². The number of rotatable bonds is 3. The Hall–Kier alpha value is -1.26. The quantitative estimate of drug-likeness (QED) is 0.883. The Labute approximate surface area is 112 Å². The lowest BCUT2D eigenvalue weighted by Crippen LogP contribution is -2.33. The molecule has 1 fully saturated rings. The van der Waals surface area contributed by atoms with E-state index >= 15 is 0 Å². The van der Waals surface area contributed by atoms with Gasteiger partial charge < -0.3 is 15.5 Å². The van der Waals surface area contributed by atoms with Gasteiger partial charge in [-0.2, -0.15) is 0 Å². The second-order valence-corrected chi connectivity index (χ2v) is 5.20. The minimum absolute atomic E-state index is 0.160. The van der Waals surface area contributed by atoms with E-state index < -0.39 is 0 Å². The first-order valence-corrected chi connectivity index (χ1v) is 6.50. The molecule has 98 valence electrons. The van der Waals surface area contributed by atoms with Crippen LogP contribution in [0.3, 0.4) is 0 Å². The normalized spacial score (nSPS) is 19.8. The van der Waals surface area contributed by atoms with Crippen LogP contribution in [0.1, 0.15) is 6.42 Å². The first-order chi connectivity index (χ1) is 8.63. The van der Waals surface area contributed by atoms with E-state index in [1.54, 1.807) is 24.3 Å². The molecule has 0 radical (unpaired) electrons. The third kappa shape index (κ3) is 3.89. The Morgan fingerprint density at radius 2 is 2.17 bits per heavy atom. The van der Waals surface area contributed by atoms with Crippen LogP contribution in [0.5, 0.6) is 0 Å². The number of amides is 2. The van der Waals surface area contributed by atoms with Gasteiger partial charge in [0.2, 0.25) is 0 Å². The van der Waals surface area contributed by atoms with Gasteiger partial charge in [-0.1, -0.05) is 11.6 Å². The summed E-state index contributed by atoms with van der Waals surface area (Å²) in [4.78, 5) is 13.9. The van der Waals surface area contributed by atoms with Crippen LogP contribution in [0.4, 0.5) is 10.5 Å². The maximum Gasteiger partial charge on any atom is 0.319 e. The Balaban J connectivity index is 1.73. The molecule has 5 heteroatoms. The molecule has 1 aliphatic heterocycles. The molecular weight excluding hydrogens is 250 g/mol. The van der Waals surface area contributed by atoms with Crippen molar-refractivity contribution in [3.63, 3.8) is 0 Å². The molecular formula is C13H18ClN3O. The van der Waals surface area contributed by atoms with E-state index in [4.69, 9.17) is 11.6 Å². The van der Waals surface area contributed by atoms with Crippen molar-refractivity contribution < 1.29 is 4.79 Å². The van der Waals surface area contributed by atoms with Gasteiger partial charge >= 0.3 is 6.03 Å². The monoisotopic (exact) mass is 267 g/mol. The van der Waals surface area contributed by atoms with Gasteiger partial charge in [0.1, 0.15) is 0 Å². The lowest BCUT2D eigenvalue weighted by atomic mass is 10.1. The number of carbonyl (C=O) groups is 1. The number of halogens is 1. The Kier molecular flexibility index (Phi) is 4.44. The van der Waals surface area contributed by atoms with Crippen LogP contribution in [0.25, 0.3) is 0 Å². The molecule has 0 saturated carbocycles. The molecule has 0 aromatic heterocycles. The van der Waals surface area contributed by atoms with Crippen LogP contribution in [0.2, 0.25) is 5.02 Å². The van der Waals surface area contributed by atoms with Crippen molar-refractivity contribution in [1.29, 1.82) is 0 Å². The zero-order chi connectivity index (χ0) is 13.0. The topological polar surface area (TPSA) is 44.4 Å². The van der Waals surface area contributed by atoms with E-state index in [0.29, 0.717) is 10.9 Å². The highest BCUT2D eigenvalue weighted by atomic mass is 35.5. The van der Waals surface area contributed by atoms with Gasteiger partial charge in [0, 0.05) is 23.8 Å². The number of nitrogens with zero attached hydrogens (tertiary/aromatic N) is 1. The number of likely N-dealkylation sites (tertiary alicyclic amines) is 1. The van der Waals surface area contributed by atoms with E-state index in [2.05, 4.69) is 22.6 Å². The largest absolute Gasteiger partial charge is 0.338 e. The third-order valence-corrected chi connectivity index (χ3v) is 3.39. The fourth-order valence-electron chi connectivity index (χ4n) is 2.14. The SMILES string of the molecule is CN1CCC(CNC(=O)Nc2ccc(Cl)cc2)C1. The molecule has 1 atom stereocenters. The van der Waals surface area contributed by atoms with Crippen LogP contribution in [0.15, 0.2) is 24.3 Å². The molecule has 4 nitrogen and oxygen atoms in total. The summed E-state index contributed by atoms with van der Waals surface area (Å²) in [6, 6.07) is 6.91. The van der Waals surface area contributed by atoms with E-state index in [1.165, 1.54) is 0 Å². The summed E-state index contributed by atoms with van der Waals surface area (Å²) in [6.45, 7) is 2.90. The van der Waals surface area contributed by atoms with E-state index in [0.717, 1.165) is 31.7 Å². The maximum absolute atomic E-state index is 11.7. The molecule has 1 aliphatic rings. The van der Waals surface area contributed by atoms with Crippen molar-refractivity contribution in [3.8, 4) is 0 Å². The minimum Gasteiger partial charge on any atom is -0.338 e. The first kappa shape index (κ1) is 13.2. The molecule has 1 saturated heterocycles. The number of nitrogens with one attached hydrogen (secondary N) is 2. The van der Waals surface area contributed by atoms with Gasteiger partial charge in [-0.3, -0.25) is 0 Å². The first-order valence-electron chi connectivity index (χ1n) is 6.12. The fraction of sp³-hybridized carbons (Fsp3) is 0.462. The van der Waals surface area contributed by atoms with Gasteiger partial charge in [-0.05, 0) is 50.2 Å². The second-order valence-electron chi connectivity index (χ2n) is 4.76. The highest BCUT2D eigenvalue weighted by Gasteiger charge is 2.19. The molecule has 1 aromatic rings. The van der Waals surface area contributed by atoms with E-state index in [9.17, 15) is 4.79 Å². The maximum atomic E-state index is 11.7. The minimum atomic E-state index is -0.160. The van der Waals surface area contributed by atoms with Crippen LogP contribution in [-0.4, -0.2) is 37.6 Å². The van der Waals surface area contributed by atoms with Crippen LogP contribution in [-0.2, 0) is 0 Å². The van der Waals surface area contributed by atoms with Gasteiger partial charge in [-0.25, -0.2) is 4.79 Å². The summed E-state index contributed by atoms with van der Waals surface area (Å²) in [5.41, 5.74) is 0.750. The van der Waals surface area contributed by atoms with E-state index in [1.807, 2.05) is 0 Å². The van der Waals surface area contributed by atoms with Crippen LogP contribution < -0.4 is 10.6 Å². The van der Waals surface area contributed by atoms with Crippen molar-refractivity contribution in [3.05, 3.63) is 29.3 Å². The molecule has 2 amide bonds. The van der Waals surface area contributed by atoms with Crippen molar-refractivity contribution >= 4 is 23.3 Å². The van der Waals surface area contributed by atoms with Gasteiger partial charge in [0.05, 0.1) is 0 Å². The Morgan fingerprint density at radius 3 is 2.78 bits per heavy atom. The van der Waals surface area contributed by atoms with Crippen LogP contribution >= 0.6 is 11.6 Å². The molecule has 1 aromatic carbocycles. The highest BCUT2D eigenvalue weighted by molar-refractivity contribution is 6.30. The standard InChI is InChI=1S/C13H18ClN3O/c1-17-7-6-10(9-17)8-15-13(18)16-12-4-2-11(14)3-5-12/h2-5,10H,6-9H2,1H3,(H2,15,16,18). The lowest BCUT2D eigenvalue weighted by Gasteiger charge is -2.12. The third-order valence-electron chi connectivity index (χ3n) is 3.14. The fourth-order valence-corrected chi connectivity index (χ4v) is 2.26. The molecule has 0 aliphatic carbocycles. The predicted molar refractivity (Wildman–Crippen MR) is 74.1 cm³/mol. The van der Waals surface area contributed by atoms with Gasteiger partial charge in [-0.15, -0.1) is 0 Å². The molecule has 1 heterocycles. The van der Waals surface area contributed by atoms with Crippen molar-refractivity contribution in [2.75, 3.05) is 32.0 Å². The van der Waals surface area contributed by atoms with Crippen molar-refractivity contribution in [2.24, 2.45) is 5.92 Å². The van der Waals surface area contributed by atoms with Crippen LogP contribution in [0, 0.1) is 5.92 Å². The summed E-state index contributed by atoms with van der Waals surface area (Å²) in [7, 11) is 2.10. The number of hydrogen-bond donors (Lipinski definition) is 2. The average molecular weight is 268 g/mol. The molecule has 0 bridgehead atoms. The summed E-state index contributed by atoms with van der Waals surface area (Å²) >= 11 is 5.78. The summed E-state index contributed by atoms with van der Waals surface area (Å²) < 4.78 is 0. The van der Waals surface area contributed by atoms with Crippen molar-refractivity contribution in [2.45, 2.75) is 6.42 Å². The number of hydrogen-bond acceptors (Lipinski definition) is 2. The number of carbonyl (C=O) groups excluding carboxylic acids is 1. The molecule has 0 spiro atoms. The summed E-state index contributed by atoms with van der Waals surface area (Å²) in [6.07, 6.45) is 1.15. The predicted octanol–water partition coefficient (Wildman–Crippen LogP) is 2.41. The number of anilines is 1. The average Bonchev–Trinajstić information content (AvgIpc) is 2.76. The Morgan fingerprint density at radius 1 is 1.44 bits per heavy atom. The zero-order valence-corrected chi connectivity index (χ0v) is 11.2. The summed E-state index contributed by atoms with van der Waals surface area (Å²) in [5, 5.41) is 6.34. The lowest BCUT2D eigenvalue weighted by molar-refractivity contribution is 0.250. The van der Waals surface area contributed by atoms with Crippen molar-refractivity contribution in [1.82, 2.24) is 10.2 Å². The second kappa shape index (κ2) is 6.07. The molecule has 2 rings (SSSR count). The molecule has 1 unspecified atom stereocenters. The smallest absolute Gasteiger partial charge is 0.319 e. The zero-order valence-electron chi connectivity index (χ0n) is 10.4. The highest BCUT2D eigenvalue weighted by Crippen LogP contribution is 2.14. The number of urea groups is 1.